The number of aromatic nitrogens is 2. The summed E-state index contributed by atoms with van der Waals surface area (Å²) < 4.78 is 27.0. The van der Waals surface area contributed by atoms with Crippen molar-refractivity contribution in [3.05, 3.63) is 48.0 Å². The van der Waals surface area contributed by atoms with Crippen molar-refractivity contribution in [2.45, 2.75) is 32.1 Å². The number of hydrogen-bond acceptors (Lipinski definition) is 7. The van der Waals surface area contributed by atoms with Crippen molar-refractivity contribution in [2.75, 3.05) is 48.6 Å². The van der Waals surface area contributed by atoms with E-state index in [4.69, 9.17) is 23.7 Å². The van der Waals surface area contributed by atoms with Crippen LogP contribution in [0.2, 0.25) is 0 Å². The van der Waals surface area contributed by atoms with Crippen LogP contribution in [-0.4, -0.2) is 69.6 Å². The van der Waals surface area contributed by atoms with Crippen LogP contribution in [0.15, 0.2) is 42.5 Å². The lowest BCUT2D eigenvalue weighted by molar-refractivity contribution is -0.130. The second-order valence-corrected chi connectivity index (χ2v) is 8.60. The molecule has 1 N–H and O–H groups in total. The van der Waals surface area contributed by atoms with Crippen molar-refractivity contribution in [3.8, 4) is 40.1 Å². The topological polar surface area (TPSA) is 95.1 Å². The number of unbranched alkanes of at least 4 members (excludes halogenated alkanes) is 2. The van der Waals surface area contributed by atoms with Crippen molar-refractivity contribution >= 4 is 5.91 Å². The molecule has 0 aliphatic heterocycles. The number of ether oxygens (including phenoxy) is 5. The summed E-state index contributed by atoms with van der Waals surface area (Å²) in [6, 6.07) is 13.4. The summed E-state index contributed by atoms with van der Waals surface area (Å²) in [6.45, 7) is 1.19. The molecule has 0 fully saturated rings. The molecule has 1 aromatic heterocycles. The maximum atomic E-state index is 12.5. The summed E-state index contributed by atoms with van der Waals surface area (Å²) in [4.78, 5) is 14.3. The molecule has 9 heteroatoms. The van der Waals surface area contributed by atoms with E-state index in [0.29, 0.717) is 48.5 Å². The summed E-state index contributed by atoms with van der Waals surface area (Å²) in [6.07, 6.45) is 3.85. The highest BCUT2D eigenvalue weighted by Gasteiger charge is 2.11. The van der Waals surface area contributed by atoms with Crippen LogP contribution < -0.4 is 23.7 Å². The molecule has 2 aromatic carbocycles. The van der Waals surface area contributed by atoms with Crippen LogP contribution in [0.4, 0.5) is 0 Å². The van der Waals surface area contributed by atoms with E-state index < -0.39 is 0 Å². The minimum Gasteiger partial charge on any atom is -0.493 e. The lowest BCUT2D eigenvalue weighted by Crippen LogP contribution is -2.28. The van der Waals surface area contributed by atoms with Gasteiger partial charge in [0.15, 0.2) is 23.0 Å². The number of methoxy groups -OCH3 is 4. The van der Waals surface area contributed by atoms with Gasteiger partial charge in [0.05, 0.1) is 40.7 Å². The van der Waals surface area contributed by atoms with Gasteiger partial charge in [-0.15, -0.1) is 5.10 Å². The summed E-state index contributed by atoms with van der Waals surface area (Å²) in [5.74, 6) is 3.40. The molecule has 0 aliphatic rings. The minimum absolute atomic E-state index is 0.147. The number of H-pyrrole nitrogens is 1. The monoisotopic (exact) mass is 511 g/mol. The molecule has 0 bridgehead atoms. The number of nitrogens with one attached hydrogen (secondary N) is 1. The number of nitrogens with zero attached hydrogens (tertiary/aromatic N) is 2. The molecule has 0 atom stereocenters. The Hall–Kier alpha value is -3.88. The highest BCUT2D eigenvalue weighted by atomic mass is 16.5. The highest BCUT2D eigenvalue weighted by molar-refractivity contribution is 5.75. The lowest BCUT2D eigenvalue weighted by atomic mass is 10.1. The summed E-state index contributed by atoms with van der Waals surface area (Å²) in [7, 11) is 8.30. The number of benzene rings is 2. The fourth-order valence-corrected chi connectivity index (χ4v) is 3.91. The minimum atomic E-state index is 0.147. The van der Waals surface area contributed by atoms with E-state index in [1.807, 2.05) is 49.5 Å². The second kappa shape index (κ2) is 14.0. The van der Waals surface area contributed by atoms with Gasteiger partial charge in [-0.05, 0) is 61.6 Å². The quantitative estimate of drug-likeness (QED) is 0.294. The SMILES string of the molecule is COc1ccc(CCN(C)C(=O)CCCCCOc2cc(-c3ccc(OC)c(OC)c3)[nH]n2)cc1OC. The molecule has 1 amide bonds. The summed E-state index contributed by atoms with van der Waals surface area (Å²) in [5, 5.41) is 7.22. The standard InChI is InChI=1S/C28H37N3O6/c1-31(15-14-20-10-12-23(33-2)25(17-20)35-4)28(32)9-7-6-8-16-37-27-19-22(29-30-27)21-11-13-24(34-3)26(18-21)36-5/h10-13,17-19H,6-9,14-16H2,1-5H3,(H,29,30). The molecule has 0 unspecified atom stereocenters. The predicted octanol–water partition coefficient (Wildman–Crippen LogP) is 4.75. The average Bonchev–Trinajstić information content (AvgIpc) is 3.41. The molecule has 0 saturated heterocycles. The van der Waals surface area contributed by atoms with E-state index in [0.717, 1.165) is 42.5 Å². The van der Waals surface area contributed by atoms with E-state index in [-0.39, 0.29) is 5.91 Å². The maximum absolute atomic E-state index is 12.5. The predicted molar refractivity (Wildman–Crippen MR) is 142 cm³/mol. The van der Waals surface area contributed by atoms with Gasteiger partial charge in [0.2, 0.25) is 11.8 Å². The molecule has 3 aromatic rings. The van der Waals surface area contributed by atoms with E-state index in [1.54, 1.807) is 33.3 Å². The second-order valence-electron chi connectivity index (χ2n) is 8.60. The van der Waals surface area contributed by atoms with Gasteiger partial charge in [-0.1, -0.05) is 6.07 Å². The Morgan fingerprint density at radius 2 is 1.51 bits per heavy atom. The van der Waals surface area contributed by atoms with Crippen LogP contribution in [-0.2, 0) is 11.2 Å². The Morgan fingerprint density at radius 1 is 0.838 bits per heavy atom. The number of rotatable bonds is 15. The lowest BCUT2D eigenvalue weighted by Gasteiger charge is -2.17. The molecule has 9 nitrogen and oxygen atoms in total. The molecular formula is C28H37N3O6. The first-order valence-corrected chi connectivity index (χ1v) is 12.3. The van der Waals surface area contributed by atoms with Crippen LogP contribution >= 0.6 is 0 Å². The number of aromatic amines is 1. The molecule has 0 spiro atoms. The van der Waals surface area contributed by atoms with Crippen molar-refractivity contribution < 1.29 is 28.5 Å². The van der Waals surface area contributed by atoms with Gasteiger partial charge in [-0.25, -0.2) is 0 Å². The Balaban J connectivity index is 1.34. The van der Waals surface area contributed by atoms with Crippen LogP contribution in [0.25, 0.3) is 11.3 Å². The van der Waals surface area contributed by atoms with E-state index in [2.05, 4.69) is 10.2 Å². The third-order valence-corrected chi connectivity index (χ3v) is 6.14. The zero-order valence-corrected chi connectivity index (χ0v) is 22.3. The largest absolute Gasteiger partial charge is 0.493 e. The Bertz CT molecular complexity index is 1150. The van der Waals surface area contributed by atoms with Gasteiger partial charge < -0.3 is 28.6 Å². The number of amides is 1. The molecule has 0 saturated carbocycles. The first kappa shape index (κ1) is 27.7. The van der Waals surface area contributed by atoms with Crippen molar-refractivity contribution in [2.24, 2.45) is 0 Å². The van der Waals surface area contributed by atoms with Crippen molar-refractivity contribution in [3.63, 3.8) is 0 Å². The van der Waals surface area contributed by atoms with Crippen LogP contribution in [0.1, 0.15) is 31.2 Å². The van der Waals surface area contributed by atoms with E-state index in [1.165, 1.54) is 0 Å². The zero-order valence-electron chi connectivity index (χ0n) is 22.3. The number of carbonyl (C=O) groups is 1. The maximum Gasteiger partial charge on any atom is 0.233 e. The number of hydrogen-bond donors (Lipinski definition) is 1. The zero-order chi connectivity index (χ0) is 26.6. The summed E-state index contributed by atoms with van der Waals surface area (Å²) >= 11 is 0. The van der Waals surface area contributed by atoms with Gasteiger partial charge in [0.25, 0.3) is 0 Å². The highest BCUT2D eigenvalue weighted by Crippen LogP contribution is 2.32. The first-order valence-electron chi connectivity index (χ1n) is 12.3. The molecule has 1 heterocycles. The van der Waals surface area contributed by atoms with E-state index >= 15 is 0 Å². The third-order valence-electron chi connectivity index (χ3n) is 6.14. The van der Waals surface area contributed by atoms with Crippen molar-refractivity contribution in [1.82, 2.24) is 15.1 Å². The third kappa shape index (κ3) is 7.80. The van der Waals surface area contributed by atoms with E-state index in [9.17, 15) is 4.79 Å². The van der Waals surface area contributed by atoms with Gasteiger partial charge in [0, 0.05) is 31.6 Å². The summed E-state index contributed by atoms with van der Waals surface area (Å²) in [5.41, 5.74) is 2.86. The Labute approximate surface area is 218 Å². The number of likely N-dealkylation sites (N-methyl/N-ethyl adjacent to an activating group) is 1. The molecular weight excluding hydrogens is 474 g/mol. The van der Waals surface area contributed by atoms with Crippen LogP contribution in [0.3, 0.4) is 0 Å². The molecule has 3 rings (SSSR count). The normalized spacial score (nSPS) is 10.6. The van der Waals surface area contributed by atoms with Crippen molar-refractivity contribution in [1.29, 1.82) is 0 Å². The van der Waals surface area contributed by atoms with Gasteiger partial charge in [-0.3, -0.25) is 9.89 Å². The fraction of sp³-hybridized carbons (Fsp3) is 0.429. The molecule has 0 aliphatic carbocycles. The molecule has 200 valence electrons. The first-order chi connectivity index (χ1) is 18.0. The van der Waals surface area contributed by atoms with Crippen LogP contribution in [0, 0.1) is 0 Å². The molecule has 37 heavy (non-hydrogen) atoms. The van der Waals surface area contributed by atoms with Gasteiger partial charge >= 0.3 is 0 Å². The Morgan fingerprint density at radius 3 is 2.22 bits per heavy atom. The number of carbonyl (C=O) groups excluding carboxylic acids is 1. The fourth-order valence-electron chi connectivity index (χ4n) is 3.91. The van der Waals surface area contributed by atoms with Gasteiger partial charge in [0.1, 0.15) is 0 Å². The average molecular weight is 512 g/mol. The smallest absolute Gasteiger partial charge is 0.233 e. The van der Waals surface area contributed by atoms with Gasteiger partial charge in [-0.2, -0.15) is 0 Å². The Kier molecular flexibility index (Phi) is 10.5. The molecule has 0 radical (unpaired) electrons. The van der Waals surface area contributed by atoms with Crippen LogP contribution in [0.5, 0.6) is 28.9 Å².